The number of fused-ring (bicyclic) bond motifs is 2. The fraction of sp³-hybridized carbons (Fsp3) is 0.333. The molecule has 2 aliphatic rings. The van der Waals surface area contributed by atoms with E-state index in [2.05, 4.69) is 37.2 Å². The highest BCUT2D eigenvalue weighted by Gasteiger charge is 2.51. The van der Waals surface area contributed by atoms with Gasteiger partial charge in [-0.1, -0.05) is 28.1 Å². The Labute approximate surface area is 138 Å². The second-order valence-electron chi connectivity index (χ2n) is 5.45. The average molecular weight is 415 g/mol. The highest BCUT2D eigenvalue weighted by atomic mass is 79.9. The van der Waals surface area contributed by atoms with Crippen LogP contribution >= 0.6 is 31.9 Å². The number of carbonyl (C=O) groups is 2. The van der Waals surface area contributed by atoms with Crippen LogP contribution in [0.3, 0.4) is 0 Å². The number of aliphatic carboxylic acids is 1. The van der Waals surface area contributed by atoms with Crippen molar-refractivity contribution in [1.82, 2.24) is 0 Å². The number of benzene rings is 1. The summed E-state index contributed by atoms with van der Waals surface area (Å²) in [5, 5.41) is 12.2. The van der Waals surface area contributed by atoms with Crippen LogP contribution in [0, 0.1) is 23.7 Å². The van der Waals surface area contributed by atoms with Crippen LogP contribution in [0.2, 0.25) is 0 Å². The Bertz CT molecular complexity index is 644. The Balaban J connectivity index is 1.82. The lowest BCUT2D eigenvalue weighted by Gasteiger charge is -2.24. The van der Waals surface area contributed by atoms with E-state index in [4.69, 9.17) is 0 Å². The summed E-state index contributed by atoms with van der Waals surface area (Å²) < 4.78 is 1.66. The van der Waals surface area contributed by atoms with Crippen LogP contribution < -0.4 is 5.32 Å². The molecule has 6 heteroatoms. The van der Waals surface area contributed by atoms with Crippen molar-refractivity contribution >= 4 is 49.4 Å². The first-order chi connectivity index (χ1) is 9.97. The van der Waals surface area contributed by atoms with Gasteiger partial charge in [-0.25, -0.2) is 0 Å². The molecule has 1 saturated carbocycles. The van der Waals surface area contributed by atoms with E-state index in [-0.39, 0.29) is 17.7 Å². The van der Waals surface area contributed by atoms with Crippen molar-refractivity contribution in [3.63, 3.8) is 0 Å². The molecule has 1 fully saturated rings. The Kier molecular flexibility index (Phi) is 3.92. The number of rotatable bonds is 3. The molecular weight excluding hydrogens is 402 g/mol. The van der Waals surface area contributed by atoms with E-state index in [0.29, 0.717) is 5.69 Å². The predicted molar refractivity (Wildman–Crippen MR) is 85.8 cm³/mol. The molecular formula is C15H13Br2NO3. The van der Waals surface area contributed by atoms with Crippen molar-refractivity contribution in [3.8, 4) is 0 Å². The van der Waals surface area contributed by atoms with Crippen LogP contribution in [0.25, 0.3) is 0 Å². The van der Waals surface area contributed by atoms with Gasteiger partial charge in [0, 0.05) is 8.95 Å². The minimum atomic E-state index is -0.887. The lowest BCUT2D eigenvalue weighted by atomic mass is 9.82. The van der Waals surface area contributed by atoms with Crippen molar-refractivity contribution in [2.45, 2.75) is 6.42 Å². The number of anilines is 1. The molecule has 0 heterocycles. The van der Waals surface area contributed by atoms with E-state index in [1.807, 2.05) is 24.3 Å². The van der Waals surface area contributed by atoms with Crippen molar-refractivity contribution in [2.24, 2.45) is 23.7 Å². The maximum absolute atomic E-state index is 12.5. The minimum absolute atomic E-state index is 0.0170. The van der Waals surface area contributed by atoms with E-state index in [9.17, 15) is 14.7 Å². The quantitative estimate of drug-likeness (QED) is 0.741. The van der Waals surface area contributed by atoms with Crippen LogP contribution in [0.4, 0.5) is 5.69 Å². The number of nitrogens with one attached hydrogen (secondary N) is 1. The lowest BCUT2D eigenvalue weighted by Crippen LogP contribution is -2.36. The molecule has 2 bridgehead atoms. The van der Waals surface area contributed by atoms with E-state index in [1.165, 1.54) is 0 Å². The fourth-order valence-corrected chi connectivity index (χ4v) is 4.47. The van der Waals surface area contributed by atoms with Gasteiger partial charge in [0.2, 0.25) is 5.91 Å². The van der Waals surface area contributed by atoms with Crippen LogP contribution in [-0.2, 0) is 9.59 Å². The predicted octanol–water partition coefficient (Wildman–Crippen LogP) is 3.67. The molecule has 1 amide bonds. The number of allylic oxidation sites excluding steroid dienone is 2. The topological polar surface area (TPSA) is 66.4 Å². The molecule has 4 nitrogen and oxygen atoms in total. The molecule has 110 valence electrons. The van der Waals surface area contributed by atoms with E-state index in [0.717, 1.165) is 15.4 Å². The highest BCUT2D eigenvalue weighted by Crippen LogP contribution is 2.48. The molecule has 0 radical (unpaired) electrons. The number of carbonyl (C=O) groups excluding carboxylic acids is 1. The molecule has 3 rings (SSSR count). The number of halogens is 2. The summed E-state index contributed by atoms with van der Waals surface area (Å²) in [5.74, 6) is -2.20. The van der Waals surface area contributed by atoms with E-state index in [1.54, 1.807) is 6.07 Å². The summed E-state index contributed by atoms with van der Waals surface area (Å²) in [6, 6.07) is 5.45. The van der Waals surface area contributed by atoms with Crippen LogP contribution in [0.15, 0.2) is 39.3 Å². The summed E-state index contributed by atoms with van der Waals surface area (Å²) in [7, 11) is 0. The minimum Gasteiger partial charge on any atom is -0.481 e. The molecule has 2 aliphatic carbocycles. The van der Waals surface area contributed by atoms with Gasteiger partial charge < -0.3 is 10.4 Å². The standard InChI is InChI=1S/C15H13Br2NO3/c16-9-3-4-11(10(17)6-9)18-14(19)12-7-1-2-8(5-7)13(12)15(20)21/h1-4,6-8,12-13H,5H2,(H,18,19)(H,20,21)/t7?,8?,12-,13+/m0/s1. The Morgan fingerprint density at radius 3 is 2.43 bits per heavy atom. The largest absolute Gasteiger partial charge is 0.481 e. The number of carboxylic acids is 1. The third-order valence-corrected chi connectivity index (χ3v) is 5.39. The van der Waals surface area contributed by atoms with Gasteiger partial charge in [0.05, 0.1) is 17.5 Å². The van der Waals surface area contributed by atoms with E-state index >= 15 is 0 Å². The summed E-state index contributed by atoms with van der Waals surface area (Å²) >= 11 is 6.75. The third-order valence-electron chi connectivity index (χ3n) is 4.24. The van der Waals surface area contributed by atoms with Crippen molar-refractivity contribution in [3.05, 3.63) is 39.3 Å². The molecule has 0 spiro atoms. The van der Waals surface area contributed by atoms with E-state index < -0.39 is 17.8 Å². The molecule has 0 aromatic heterocycles. The van der Waals surface area contributed by atoms with Gasteiger partial charge in [-0.2, -0.15) is 0 Å². The maximum Gasteiger partial charge on any atom is 0.307 e. The second-order valence-corrected chi connectivity index (χ2v) is 7.22. The normalized spacial score (nSPS) is 29.6. The number of carboxylic acid groups (broad SMARTS) is 1. The number of hydrogen-bond donors (Lipinski definition) is 2. The van der Waals surface area contributed by atoms with Crippen molar-refractivity contribution in [2.75, 3.05) is 5.32 Å². The lowest BCUT2D eigenvalue weighted by molar-refractivity contribution is -0.146. The van der Waals surface area contributed by atoms with Crippen molar-refractivity contribution < 1.29 is 14.7 Å². The van der Waals surface area contributed by atoms with Crippen molar-refractivity contribution in [1.29, 1.82) is 0 Å². The van der Waals surface area contributed by atoms with Crippen LogP contribution in [0.5, 0.6) is 0 Å². The molecule has 1 aromatic carbocycles. The van der Waals surface area contributed by atoms with Gasteiger partial charge >= 0.3 is 5.97 Å². The highest BCUT2D eigenvalue weighted by molar-refractivity contribution is 9.11. The molecule has 0 aliphatic heterocycles. The summed E-state index contributed by atoms with van der Waals surface area (Å²) in [5.41, 5.74) is 0.652. The fourth-order valence-electron chi connectivity index (χ4n) is 3.32. The zero-order valence-corrected chi connectivity index (χ0v) is 14.1. The van der Waals surface area contributed by atoms with Gasteiger partial charge in [0.15, 0.2) is 0 Å². The molecule has 1 aromatic rings. The maximum atomic E-state index is 12.5. The zero-order valence-electron chi connectivity index (χ0n) is 10.9. The molecule has 21 heavy (non-hydrogen) atoms. The number of amides is 1. The second kappa shape index (κ2) is 5.57. The summed E-state index contributed by atoms with van der Waals surface area (Å²) in [4.78, 5) is 24.0. The monoisotopic (exact) mass is 413 g/mol. The third kappa shape index (κ3) is 2.66. The molecule has 2 N–H and O–H groups in total. The van der Waals surface area contributed by atoms with Gasteiger partial charge in [-0.15, -0.1) is 0 Å². The zero-order chi connectivity index (χ0) is 15.1. The Morgan fingerprint density at radius 2 is 1.81 bits per heavy atom. The SMILES string of the molecule is O=C(O)[C@@H]1C2C=CC(C2)[C@@H]1C(=O)Nc1ccc(Br)cc1Br. The summed E-state index contributed by atoms with van der Waals surface area (Å²) in [6.07, 6.45) is 4.67. The van der Waals surface area contributed by atoms with Gasteiger partial charge in [-0.05, 0) is 52.4 Å². The average Bonchev–Trinajstić information content (AvgIpc) is 3.02. The van der Waals surface area contributed by atoms with Gasteiger partial charge in [0.25, 0.3) is 0 Å². The Hall–Kier alpha value is -1.14. The first-order valence-corrected chi connectivity index (χ1v) is 8.23. The first-order valence-electron chi connectivity index (χ1n) is 6.64. The molecule has 2 unspecified atom stereocenters. The van der Waals surface area contributed by atoms with Gasteiger partial charge in [-0.3, -0.25) is 9.59 Å². The Morgan fingerprint density at radius 1 is 1.14 bits per heavy atom. The first kappa shape index (κ1) is 14.8. The molecule has 4 atom stereocenters. The summed E-state index contributed by atoms with van der Waals surface area (Å²) in [6.45, 7) is 0. The van der Waals surface area contributed by atoms with Crippen LogP contribution in [0.1, 0.15) is 6.42 Å². The van der Waals surface area contributed by atoms with Gasteiger partial charge in [0.1, 0.15) is 0 Å². The van der Waals surface area contributed by atoms with Crippen LogP contribution in [-0.4, -0.2) is 17.0 Å². The molecule has 0 saturated heterocycles. The number of hydrogen-bond acceptors (Lipinski definition) is 2. The smallest absolute Gasteiger partial charge is 0.307 e.